The van der Waals surface area contributed by atoms with Crippen molar-refractivity contribution in [2.75, 3.05) is 39.3 Å². The molecule has 0 saturated carbocycles. The second kappa shape index (κ2) is 6.66. The molecule has 0 aromatic carbocycles. The van der Waals surface area contributed by atoms with Gasteiger partial charge in [-0.2, -0.15) is 28.4 Å². The summed E-state index contributed by atoms with van der Waals surface area (Å²) in [5, 5.41) is 3.72. The topological polar surface area (TPSA) is 60.9 Å². The normalized spacial score (nSPS) is 21.9. The van der Waals surface area contributed by atoms with Crippen molar-refractivity contribution in [3.63, 3.8) is 0 Å². The molecule has 1 aromatic heterocycles. The van der Waals surface area contributed by atoms with E-state index in [9.17, 15) is 13.2 Å². The molecule has 2 saturated heterocycles. The Balaban J connectivity index is 1.66. The van der Waals surface area contributed by atoms with E-state index in [1.807, 2.05) is 16.8 Å². The van der Waals surface area contributed by atoms with E-state index in [1.165, 1.54) is 11.3 Å². The Bertz CT molecular complexity index is 609. The summed E-state index contributed by atoms with van der Waals surface area (Å²) < 4.78 is 28.3. The summed E-state index contributed by atoms with van der Waals surface area (Å²) in [6, 6.07) is 1.82. The molecule has 0 bridgehead atoms. The monoisotopic (exact) mass is 343 g/mol. The first kappa shape index (κ1) is 15.9. The Morgan fingerprint density at radius 3 is 2.32 bits per heavy atom. The van der Waals surface area contributed by atoms with Gasteiger partial charge in [0.05, 0.1) is 5.56 Å². The zero-order valence-electron chi connectivity index (χ0n) is 12.5. The number of hydrogen-bond acceptors (Lipinski definition) is 4. The highest BCUT2D eigenvalue weighted by Crippen LogP contribution is 2.19. The molecule has 1 amide bonds. The molecule has 3 rings (SSSR count). The summed E-state index contributed by atoms with van der Waals surface area (Å²) in [7, 11) is -3.36. The van der Waals surface area contributed by atoms with Crippen LogP contribution in [-0.4, -0.2) is 67.1 Å². The first-order chi connectivity index (χ1) is 10.6. The summed E-state index contributed by atoms with van der Waals surface area (Å²) in [4.78, 5) is 14.1. The lowest BCUT2D eigenvalue weighted by Gasteiger charge is -2.26. The van der Waals surface area contributed by atoms with E-state index >= 15 is 0 Å². The van der Waals surface area contributed by atoms with Crippen molar-refractivity contribution in [1.82, 2.24) is 13.5 Å². The van der Waals surface area contributed by atoms with Crippen LogP contribution in [0.4, 0.5) is 0 Å². The Morgan fingerprint density at radius 2 is 1.64 bits per heavy atom. The highest BCUT2D eigenvalue weighted by molar-refractivity contribution is 7.86. The first-order valence-corrected chi connectivity index (χ1v) is 10.00. The van der Waals surface area contributed by atoms with Gasteiger partial charge in [-0.3, -0.25) is 4.79 Å². The number of amides is 1. The van der Waals surface area contributed by atoms with Crippen molar-refractivity contribution in [3.05, 3.63) is 22.4 Å². The highest BCUT2D eigenvalue weighted by Gasteiger charge is 2.33. The summed E-state index contributed by atoms with van der Waals surface area (Å²) >= 11 is 1.50. The van der Waals surface area contributed by atoms with Crippen molar-refractivity contribution in [1.29, 1.82) is 0 Å². The van der Waals surface area contributed by atoms with E-state index in [-0.39, 0.29) is 5.91 Å². The fraction of sp³-hybridized carbons (Fsp3) is 0.643. The van der Waals surface area contributed by atoms with Gasteiger partial charge < -0.3 is 4.90 Å². The van der Waals surface area contributed by atoms with Crippen LogP contribution < -0.4 is 0 Å². The van der Waals surface area contributed by atoms with Crippen LogP contribution in [0.1, 0.15) is 29.6 Å². The highest BCUT2D eigenvalue weighted by atomic mass is 32.2. The van der Waals surface area contributed by atoms with Crippen LogP contribution in [0, 0.1) is 0 Å². The van der Waals surface area contributed by atoms with Crippen molar-refractivity contribution in [2.24, 2.45) is 0 Å². The third-order valence-electron chi connectivity index (χ3n) is 4.23. The van der Waals surface area contributed by atoms with Gasteiger partial charge >= 0.3 is 0 Å². The molecule has 0 N–H and O–H groups in total. The standard InChI is InChI=1S/C14H21N3O3S2/c18-14(13-4-11-21-12-13)15-5-3-8-17(10-9-15)22(19,20)16-6-1-2-7-16/h4,11-12H,1-3,5-10H2. The number of nitrogens with zero attached hydrogens (tertiary/aromatic N) is 3. The van der Waals surface area contributed by atoms with Gasteiger partial charge in [-0.25, -0.2) is 0 Å². The van der Waals surface area contributed by atoms with Crippen LogP contribution in [0.15, 0.2) is 16.8 Å². The van der Waals surface area contributed by atoms with E-state index in [1.54, 1.807) is 13.5 Å². The number of hydrogen-bond donors (Lipinski definition) is 0. The van der Waals surface area contributed by atoms with Crippen molar-refractivity contribution < 1.29 is 13.2 Å². The van der Waals surface area contributed by atoms with Gasteiger partial charge in [-0.1, -0.05) is 0 Å². The minimum atomic E-state index is -3.36. The van der Waals surface area contributed by atoms with Crippen molar-refractivity contribution in [2.45, 2.75) is 19.3 Å². The van der Waals surface area contributed by atoms with Gasteiger partial charge in [-0.15, -0.1) is 0 Å². The van der Waals surface area contributed by atoms with E-state index in [4.69, 9.17) is 0 Å². The van der Waals surface area contributed by atoms with Crippen LogP contribution in [0.3, 0.4) is 0 Å². The lowest BCUT2D eigenvalue weighted by atomic mass is 10.3. The average Bonchev–Trinajstić information content (AvgIpc) is 3.16. The van der Waals surface area contributed by atoms with Gasteiger partial charge in [0.25, 0.3) is 16.1 Å². The Labute approximate surface area is 135 Å². The predicted octanol–water partition coefficient (Wildman–Crippen LogP) is 1.24. The third kappa shape index (κ3) is 3.19. The lowest BCUT2D eigenvalue weighted by Crippen LogP contribution is -2.44. The largest absolute Gasteiger partial charge is 0.337 e. The Kier molecular flexibility index (Phi) is 4.82. The van der Waals surface area contributed by atoms with Crippen molar-refractivity contribution in [3.8, 4) is 0 Å². The molecule has 3 heterocycles. The molecule has 0 aliphatic carbocycles. The summed E-state index contributed by atoms with van der Waals surface area (Å²) in [5.74, 6) is 0.00155. The van der Waals surface area contributed by atoms with E-state index in [2.05, 4.69) is 0 Å². The van der Waals surface area contributed by atoms with Crippen LogP contribution in [0.5, 0.6) is 0 Å². The van der Waals surface area contributed by atoms with Gasteiger partial charge in [0.15, 0.2) is 0 Å². The number of carbonyl (C=O) groups excluding carboxylic acids is 1. The van der Waals surface area contributed by atoms with Crippen LogP contribution in [0.25, 0.3) is 0 Å². The maximum Gasteiger partial charge on any atom is 0.282 e. The molecule has 22 heavy (non-hydrogen) atoms. The molecular formula is C14H21N3O3S2. The Morgan fingerprint density at radius 1 is 0.955 bits per heavy atom. The summed E-state index contributed by atoms with van der Waals surface area (Å²) in [5.41, 5.74) is 0.695. The van der Waals surface area contributed by atoms with Crippen LogP contribution in [0.2, 0.25) is 0 Å². The predicted molar refractivity (Wildman–Crippen MR) is 86.1 cm³/mol. The molecular weight excluding hydrogens is 322 g/mol. The smallest absolute Gasteiger partial charge is 0.282 e. The number of thiophene rings is 1. The number of rotatable bonds is 3. The molecule has 0 spiro atoms. The fourth-order valence-corrected chi connectivity index (χ4v) is 5.33. The third-order valence-corrected chi connectivity index (χ3v) is 6.95. The minimum absolute atomic E-state index is 0.00155. The van der Waals surface area contributed by atoms with E-state index in [0.29, 0.717) is 51.3 Å². The second-order valence-electron chi connectivity index (χ2n) is 5.67. The maximum atomic E-state index is 12.6. The average molecular weight is 343 g/mol. The summed E-state index contributed by atoms with van der Waals surface area (Å²) in [6.07, 6.45) is 2.56. The molecule has 2 aliphatic heterocycles. The number of carbonyl (C=O) groups is 1. The van der Waals surface area contributed by atoms with Gasteiger partial charge in [-0.05, 0) is 30.7 Å². The van der Waals surface area contributed by atoms with E-state index in [0.717, 1.165) is 12.8 Å². The van der Waals surface area contributed by atoms with Gasteiger partial charge in [0.2, 0.25) is 0 Å². The molecule has 0 radical (unpaired) electrons. The molecule has 2 fully saturated rings. The second-order valence-corrected chi connectivity index (χ2v) is 8.38. The molecule has 1 aromatic rings. The minimum Gasteiger partial charge on any atom is -0.337 e. The van der Waals surface area contributed by atoms with E-state index < -0.39 is 10.2 Å². The van der Waals surface area contributed by atoms with Gasteiger partial charge in [0, 0.05) is 44.6 Å². The maximum absolute atomic E-state index is 12.6. The first-order valence-electron chi connectivity index (χ1n) is 7.66. The quantitative estimate of drug-likeness (QED) is 0.829. The fourth-order valence-electron chi connectivity index (χ4n) is 2.98. The summed E-state index contributed by atoms with van der Waals surface area (Å²) in [6.45, 7) is 3.19. The molecule has 2 aliphatic rings. The SMILES string of the molecule is O=C(c1ccsc1)N1CCCN(S(=O)(=O)N2CCCC2)CC1. The van der Waals surface area contributed by atoms with Crippen LogP contribution >= 0.6 is 11.3 Å². The zero-order chi connectivity index (χ0) is 15.6. The molecule has 122 valence electrons. The molecule has 0 unspecified atom stereocenters. The van der Waals surface area contributed by atoms with Crippen molar-refractivity contribution >= 4 is 27.5 Å². The molecule has 6 nitrogen and oxygen atoms in total. The van der Waals surface area contributed by atoms with Gasteiger partial charge in [0.1, 0.15) is 0 Å². The zero-order valence-corrected chi connectivity index (χ0v) is 14.1. The molecule has 8 heteroatoms. The Hall–Kier alpha value is -0.960. The van der Waals surface area contributed by atoms with Crippen LogP contribution in [-0.2, 0) is 10.2 Å². The molecule has 0 atom stereocenters. The lowest BCUT2D eigenvalue weighted by molar-refractivity contribution is 0.0764.